The molecule has 1 aromatic heterocycles. The van der Waals surface area contributed by atoms with Gasteiger partial charge in [0.2, 0.25) is 0 Å². The summed E-state index contributed by atoms with van der Waals surface area (Å²) in [6, 6.07) is 8.59. The van der Waals surface area contributed by atoms with Crippen LogP contribution in [0, 0.1) is 20.8 Å². The van der Waals surface area contributed by atoms with Crippen LogP contribution in [0.3, 0.4) is 0 Å². The number of nitrogens with zero attached hydrogens (tertiary/aromatic N) is 2. The Morgan fingerprint density at radius 1 is 1.12 bits per heavy atom. The lowest BCUT2D eigenvalue weighted by Gasteiger charge is -2.07. The van der Waals surface area contributed by atoms with Crippen molar-refractivity contribution in [1.29, 1.82) is 0 Å². The number of anilines is 1. The third-order valence-corrected chi connectivity index (χ3v) is 3.10. The van der Waals surface area contributed by atoms with Gasteiger partial charge in [0.25, 0.3) is 0 Å². The molecule has 3 nitrogen and oxygen atoms in total. The minimum Gasteiger partial charge on any atom is -0.378 e. The summed E-state index contributed by atoms with van der Waals surface area (Å²) in [6.07, 6.45) is 0. The third-order valence-electron chi connectivity index (χ3n) is 3.10. The number of aromatic nitrogens is 2. The predicted octanol–water partition coefficient (Wildman–Crippen LogP) is 2.96. The Morgan fingerprint density at radius 3 is 2.29 bits per heavy atom. The zero-order valence-corrected chi connectivity index (χ0v) is 10.9. The second kappa shape index (κ2) is 4.62. The van der Waals surface area contributed by atoms with Crippen molar-refractivity contribution in [3.05, 3.63) is 46.8 Å². The molecule has 0 atom stereocenters. The molecule has 0 radical (unpaired) electrons. The molecule has 0 spiro atoms. The van der Waals surface area contributed by atoms with Gasteiger partial charge in [0.15, 0.2) is 0 Å². The number of nitrogens with one attached hydrogen (secondary N) is 1. The fourth-order valence-electron chi connectivity index (χ4n) is 1.93. The molecule has 0 aliphatic heterocycles. The van der Waals surface area contributed by atoms with E-state index in [2.05, 4.69) is 48.5 Å². The molecule has 0 fully saturated rings. The molecular weight excluding hydrogens is 210 g/mol. The van der Waals surface area contributed by atoms with E-state index < -0.39 is 0 Å². The van der Waals surface area contributed by atoms with Crippen molar-refractivity contribution >= 4 is 5.69 Å². The molecule has 0 bridgehead atoms. The summed E-state index contributed by atoms with van der Waals surface area (Å²) in [5.74, 6) is 0. The minimum atomic E-state index is 0.841. The largest absolute Gasteiger partial charge is 0.378 e. The summed E-state index contributed by atoms with van der Waals surface area (Å²) in [5.41, 5.74) is 5.96. The number of benzene rings is 1. The van der Waals surface area contributed by atoms with Crippen LogP contribution in [0.1, 0.15) is 22.5 Å². The van der Waals surface area contributed by atoms with Gasteiger partial charge in [-0.2, -0.15) is 5.10 Å². The number of hydrogen-bond donors (Lipinski definition) is 1. The first-order chi connectivity index (χ1) is 8.08. The second-order valence-electron chi connectivity index (χ2n) is 4.51. The lowest BCUT2D eigenvalue weighted by molar-refractivity contribution is 0.731. The van der Waals surface area contributed by atoms with Crippen LogP contribution in [-0.4, -0.2) is 9.78 Å². The van der Waals surface area contributed by atoms with Crippen molar-refractivity contribution in [1.82, 2.24) is 9.78 Å². The predicted molar refractivity (Wildman–Crippen MR) is 71.2 cm³/mol. The highest BCUT2D eigenvalue weighted by atomic mass is 15.3. The standard InChI is InChI=1S/C14H19N3/c1-10-5-7-13(8-6-10)9-15-14-11(2)16-17(4)12(14)3/h5-8,15H,9H2,1-4H3. The number of hydrogen-bond acceptors (Lipinski definition) is 2. The second-order valence-corrected chi connectivity index (χ2v) is 4.51. The maximum atomic E-state index is 4.39. The summed E-state index contributed by atoms with van der Waals surface area (Å²) >= 11 is 0. The molecule has 0 amide bonds. The summed E-state index contributed by atoms with van der Waals surface area (Å²) in [6.45, 7) is 7.06. The van der Waals surface area contributed by atoms with E-state index in [0.717, 1.165) is 17.9 Å². The van der Waals surface area contributed by atoms with Crippen molar-refractivity contribution in [2.75, 3.05) is 5.32 Å². The molecule has 1 heterocycles. The van der Waals surface area contributed by atoms with Crippen LogP contribution in [-0.2, 0) is 13.6 Å². The highest BCUT2D eigenvalue weighted by molar-refractivity contribution is 5.52. The molecule has 0 unspecified atom stereocenters. The molecule has 1 aromatic carbocycles. The van der Waals surface area contributed by atoms with Gasteiger partial charge >= 0.3 is 0 Å². The van der Waals surface area contributed by atoms with Gasteiger partial charge in [-0.05, 0) is 26.3 Å². The smallest absolute Gasteiger partial charge is 0.0827 e. The van der Waals surface area contributed by atoms with Gasteiger partial charge in [0.1, 0.15) is 0 Å². The minimum absolute atomic E-state index is 0.841. The van der Waals surface area contributed by atoms with E-state index in [1.807, 2.05) is 18.7 Å². The Hall–Kier alpha value is -1.77. The maximum Gasteiger partial charge on any atom is 0.0827 e. The molecule has 2 rings (SSSR count). The lowest BCUT2D eigenvalue weighted by atomic mass is 10.1. The average molecular weight is 229 g/mol. The first-order valence-electron chi connectivity index (χ1n) is 5.87. The molecule has 0 aliphatic rings. The summed E-state index contributed by atoms with van der Waals surface area (Å²) in [4.78, 5) is 0. The van der Waals surface area contributed by atoms with Gasteiger partial charge in [-0.25, -0.2) is 0 Å². The Balaban J connectivity index is 2.09. The summed E-state index contributed by atoms with van der Waals surface area (Å²) in [7, 11) is 1.97. The van der Waals surface area contributed by atoms with E-state index >= 15 is 0 Å². The molecule has 3 heteroatoms. The van der Waals surface area contributed by atoms with Gasteiger partial charge in [0.05, 0.1) is 17.1 Å². The zero-order chi connectivity index (χ0) is 12.4. The van der Waals surface area contributed by atoms with Crippen LogP contribution in [0.2, 0.25) is 0 Å². The Kier molecular flexibility index (Phi) is 3.18. The van der Waals surface area contributed by atoms with Gasteiger partial charge in [-0.3, -0.25) is 4.68 Å². The van der Waals surface area contributed by atoms with Crippen LogP contribution >= 0.6 is 0 Å². The van der Waals surface area contributed by atoms with Crippen molar-refractivity contribution < 1.29 is 0 Å². The van der Waals surface area contributed by atoms with Gasteiger partial charge in [-0.1, -0.05) is 29.8 Å². The first-order valence-corrected chi connectivity index (χ1v) is 5.87. The van der Waals surface area contributed by atoms with E-state index in [1.54, 1.807) is 0 Å². The fraction of sp³-hybridized carbons (Fsp3) is 0.357. The average Bonchev–Trinajstić information content (AvgIpc) is 2.54. The fourth-order valence-corrected chi connectivity index (χ4v) is 1.93. The molecule has 17 heavy (non-hydrogen) atoms. The molecule has 0 saturated heterocycles. The SMILES string of the molecule is Cc1ccc(CNc2c(C)nn(C)c2C)cc1. The normalized spacial score (nSPS) is 10.6. The monoisotopic (exact) mass is 229 g/mol. The van der Waals surface area contributed by atoms with Crippen LogP contribution < -0.4 is 5.32 Å². The van der Waals surface area contributed by atoms with E-state index in [0.29, 0.717) is 0 Å². The van der Waals surface area contributed by atoms with Gasteiger partial charge in [-0.15, -0.1) is 0 Å². The third kappa shape index (κ3) is 2.49. The highest BCUT2D eigenvalue weighted by Crippen LogP contribution is 2.19. The van der Waals surface area contributed by atoms with Crippen molar-refractivity contribution in [3.63, 3.8) is 0 Å². The molecule has 0 saturated carbocycles. The quantitative estimate of drug-likeness (QED) is 0.877. The van der Waals surface area contributed by atoms with Crippen molar-refractivity contribution in [2.45, 2.75) is 27.3 Å². The number of rotatable bonds is 3. The maximum absolute atomic E-state index is 4.39. The Labute approximate surface area is 102 Å². The summed E-state index contributed by atoms with van der Waals surface area (Å²) in [5, 5.41) is 7.85. The van der Waals surface area contributed by atoms with E-state index in [4.69, 9.17) is 0 Å². The van der Waals surface area contributed by atoms with Crippen molar-refractivity contribution in [3.8, 4) is 0 Å². The van der Waals surface area contributed by atoms with Gasteiger partial charge < -0.3 is 5.32 Å². The van der Waals surface area contributed by atoms with E-state index in [9.17, 15) is 0 Å². The topological polar surface area (TPSA) is 29.9 Å². The molecule has 2 aromatic rings. The Morgan fingerprint density at radius 2 is 1.76 bits per heavy atom. The van der Waals surface area contributed by atoms with Crippen LogP contribution in [0.15, 0.2) is 24.3 Å². The molecule has 1 N–H and O–H groups in total. The molecule has 0 aliphatic carbocycles. The molecule has 90 valence electrons. The molecular formula is C14H19N3. The summed E-state index contributed by atoms with van der Waals surface area (Å²) < 4.78 is 1.91. The zero-order valence-electron chi connectivity index (χ0n) is 10.9. The van der Waals surface area contributed by atoms with Gasteiger partial charge in [0, 0.05) is 13.6 Å². The Bertz CT molecular complexity index is 509. The number of aryl methyl sites for hydroxylation is 3. The van der Waals surface area contributed by atoms with Crippen molar-refractivity contribution in [2.24, 2.45) is 7.05 Å². The van der Waals surface area contributed by atoms with Crippen LogP contribution in [0.4, 0.5) is 5.69 Å². The van der Waals surface area contributed by atoms with Crippen LogP contribution in [0.5, 0.6) is 0 Å². The lowest BCUT2D eigenvalue weighted by Crippen LogP contribution is -2.01. The highest BCUT2D eigenvalue weighted by Gasteiger charge is 2.08. The van der Waals surface area contributed by atoms with Crippen LogP contribution in [0.25, 0.3) is 0 Å². The van der Waals surface area contributed by atoms with E-state index in [1.165, 1.54) is 16.8 Å². The first kappa shape index (κ1) is 11.7. The van der Waals surface area contributed by atoms with E-state index in [-0.39, 0.29) is 0 Å².